The predicted molar refractivity (Wildman–Crippen MR) is 119 cm³/mol. The van der Waals surface area contributed by atoms with Gasteiger partial charge >= 0.3 is 0 Å². The molecule has 164 valence electrons. The van der Waals surface area contributed by atoms with Crippen molar-refractivity contribution in [1.29, 1.82) is 0 Å². The van der Waals surface area contributed by atoms with E-state index in [4.69, 9.17) is 25.6 Å². The maximum absolute atomic E-state index is 13.9. The van der Waals surface area contributed by atoms with Crippen molar-refractivity contribution in [3.8, 4) is 22.8 Å². The number of sulfonamides is 1. The highest BCUT2D eigenvalue weighted by atomic mass is 35.5. The second kappa shape index (κ2) is 8.09. The normalized spacial score (nSPS) is 16.0. The number of benzene rings is 2. The van der Waals surface area contributed by atoms with Gasteiger partial charge in [0.1, 0.15) is 22.5 Å². The van der Waals surface area contributed by atoms with Crippen LogP contribution in [0.15, 0.2) is 45.8 Å². The molecule has 0 N–H and O–H groups in total. The Morgan fingerprint density at radius 2 is 2.00 bits per heavy atom. The minimum absolute atomic E-state index is 0.0311. The van der Waals surface area contributed by atoms with Crippen LogP contribution in [0.2, 0.25) is 5.02 Å². The van der Waals surface area contributed by atoms with Crippen molar-refractivity contribution in [2.75, 3.05) is 18.0 Å². The molecule has 0 aliphatic carbocycles. The smallest absolute Gasteiger partial charge is 0.268 e. The van der Waals surface area contributed by atoms with Gasteiger partial charge in [0, 0.05) is 16.1 Å². The number of halogens is 1. The van der Waals surface area contributed by atoms with Gasteiger partial charge in [0.25, 0.3) is 10.0 Å². The van der Waals surface area contributed by atoms with Gasteiger partial charge in [-0.25, -0.2) is 8.42 Å². The molecule has 0 fully saturated rings. The second-order valence-electron chi connectivity index (χ2n) is 7.38. The summed E-state index contributed by atoms with van der Waals surface area (Å²) in [5.74, 6) is 1.23. The Bertz CT molecular complexity index is 1240. The number of hydrogen-bond acceptors (Lipinski definition) is 6. The minimum atomic E-state index is -4.01. The van der Waals surface area contributed by atoms with Crippen LogP contribution in [-0.4, -0.2) is 33.3 Å². The molecule has 1 aromatic heterocycles. The Morgan fingerprint density at radius 3 is 2.65 bits per heavy atom. The van der Waals surface area contributed by atoms with Crippen molar-refractivity contribution in [2.24, 2.45) is 0 Å². The van der Waals surface area contributed by atoms with Crippen molar-refractivity contribution in [1.82, 2.24) is 5.16 Å². The first-order chi connectivity index (χ1) is 14.8. The van der Waals surface area contributed by atoms with Crippen molar-refractivity contribution in [2.45, 2.75) is 38.2 Å². The van der Waals surface area contributed by atoms with Gasteiger partial charge in [0.2, 0.25) is 0 Å². The molecule has 0 spiro atoms. The van der Waals surface area contributed by atoms with Gasteiger partial charge in [-0.2, -0.15) is 0 Å². The molecule has 2 heterocycles. The average molecular weight is 463 g/mol. The van der Waals surface area contributed by atoms with E-state index in [1.54, 1.807) is 36.4 Å². The third-order valence-electron chi connectivity index (χ3n) is 5.46. The van der Waals surface area contributed by atoms with Crippen LogP contribution in [0.3, 0.4) is 0 Å². The van der Waals surface area contributed by atoms with Crippen molar-refractivity contribution >= 4 is 27.3 Å². The third kappa shape index (κ3) is 3.74. The fourth-order valence-corrected chi connectivity index (χ4v) is 5.40. The first-order valence-electron chi connectivity index (χ1n) is 9.86. The fraction of sp³-hybridized carbons (Fsp3) is 0.318. The molecular formula is C22H23ClN2O5S. The van der Waals surface area contributed by atoms with Crippen molar-refractivity contribution in [3.63, 3.8) is 0 Å². The Labute approximate surface area is 186 Å². The summed E-state index contributed by atoms with van der Waals surface area (Å²) >= 11 is 6.17. The Morgan fingerprint density at radius 1 is 1.23 bits per heavy atom. The van der Waals surface area contributed by atoms with Gasteiger partial charge in [-0.05, 0) is 56.7 Å². The van der Waals surface area contributed by atoms with Gasteiger partial charge in [0.15, 0.2) is 5.76 Å². The highest BCUT2D eigenvalue weighted by Crippen LogP contribution is 2.41. The van der Waals surface area contributed by atoms with Gasteiger partial charge in [0.05, 0.1) is 25.0 Å². The Kier molecular flexibility index (Phi) is 5.61. The maximum Gasteiger partial charge on any atom is 0.268 e. The number of ether oxygens (including phenoxy) is 2. The molecule has 0 radical (unpaired) electrons. The summed E-state index contributed by atoms with van der Waals surface area (Å²) < 4.78 is 45.9. The standard InChI is InChI=1S/C22H23ClN2O5S/c1-5-17-12-25(18-11-16(23)7-9-19(18)29-17)31(26,27)21-10-15(6-8-20(21)28-4)22-13(2)14(3)24-30-22/h6-11,17H,5,12H2,1-4H3/t17-/m1/s1. The number of hydrogen-bond donors (Lipinski definition) is 0. The number of aryl methyl sites for hydroxylation is 1. The topological polar surface area (TPSA) is 81.9 Å². The monoisotopic (exact) mass is 462 g/mol. The fourth-order valence-electron chi connectivity index (χ4n) is 3.55. The van der Waals surface area contributed by atoms with E-state index in [9.17, 15) is 8.42 Å². The van der Waals surface area contributed by atoms with Crippen LogP contribution < -0.4 is 13.8 Å². The van der Waals surface area contributed by atoms with E-state index in [0.29, 0.717) is 34.2 Å². The molecule has 1 aliphatic rings. The number of aromatic nitrogens is 1. The average Bonchev–Trinajstić information content (AvgIpc) is 3.10. The van der Waals surface area contributed by atoms with Crippen molar-refractivity contribution in [3.05, 3.63) is 52.7 Å². The summed E-state index contributed by atoms with van der Waals surface area (Å²) in [5, 5.41) is 4.40. The van der Waals surface area contributed by atoms with Gasteiger partial charge < -0.3 is 14.0 Å². The molecule has 0 amide bonds. The molecule has 0 bridgehead atoms. The van der Waals surface area contributed by atoms with Crippen LogP contribution in [0.1, 0.15) is 24.6 Å². The van der Waals surface area contributed by atoms with Gasteiger partial charge in [-0.1, -0.05) is 23.7 Å². The number of methoxy groups -OCH3 is 1. The van der Waals surface area contributed by atoms with Crippen LogP contribution in [0.5, 0.6) is 11.5 Å². The van der Waals surface area contributed by atoms with E-state index in [-0.39, 0.29) is 23.3 Å². The van der Waals surface area contributed by atoms with Crippen LogP contribution in [0.4, 0.5) is 5.69 Å². The molecular weight excluding hydrogens is 440 g/mol. The summed E-state index contributed by atoms with van der Waals surface area (Å²) in [7, 11) is -2.57. The Hall–Kier alpha value is -2.71. The molecule has 7 nitrogen and oxygen atoms in total. The van der Waals surface area contributed by atoms with E-state index in [1.165, 1.54) is 11.4 Å². The quantitative estimate of drug-likeness (QED) is 0.531. The summed E-state index contributed by atoms with van der Waals surface area (Å²) in [5.41, 5.74) is 2.60. The number of nitrogens with zero attached hydrogens (tertiary/aromatic N) is 2. The highest BCUT2D eigenvalue weighted by molar-refractivity contribution is 7.93. The minimum Gasteiger partial charge on any atom is -0.495 e. The molecule has 1 atom stereocenters. The SMILES string of the molecule is CC[C@@H]1CN(S(=O)(=O)c2cc(-c3onc(C)c3C)ccc2OC)c2cc(Cl)ccc2O1. The maximum atomic E-state index is 13.9. The summed E-state index contributed by atoms with van der Waals surface area (Å²) in [6.45, 7) is 5.83. The van der Waals surface area contributed by atoms with Crippen LogP contribution >= 0.6 is 11.6 Å². The summed E-state index contributed by atoms with van der Waals surface area (Å²) in [6, 6.07) is 9.90. The number of fused-ring (bicyclic) bond motifs is 1. The highest BCUT2D eigenvalue weighted by Gasteiger charge is 2.36. The van der Waals surface area contributed by atoms with Crippen molar-refractivity contribution < 1.29 is 22.4 Å². The molecule has 0 unspecified atom stereocenters. The largest absolute Gasteiger partial charge is 0.495 e. The number of anilines is 1. The van der Waals surface area contributed by atoms with Gasteiger partial charge in [-0.15, -0.1) is 0 Å². The molecule has 9 heteroatoms. The molecule has 3 aromatic rings. The molecule has 2 aromatic carbocycles. The molecule has 1 aliphatic heterocycles. The first-order valence-corrected chi connectivity index (χ1v) is 11.7. The van der Waals surface area contributed by atoms with Crippen LogP contribution in [-0.2, 0) is 10.0 Å². The first kappa shape index (κ1) is 21.5. The lowest BCUT2D eigenvalue weighted by Gasteiger charge is -2.35. The number of rotatable bonds is 5. The molecule has 0 saturated carbocycles. The zero-order valence-electron chi connectivity index (χ0n) is 17.7. The van der Waals surface area contributed by atoms with E-state index in [0.717, 1.165) is 11.3 Å². The molecule has 4 rings (SSSR count). The molecule has 0 saturated heterocycles. The van der Waals surface area contributed by atoms with Crippen LogP contribution in [0.25, 0.3) is 11.3 Å². The lowest BCUT2D eigenvalue weighted by molar-refractivity contribution is 0.195. The second-order valence-corrected chi connectivity index (χ2v) is 9.65. The zero-order valence-corrected chi connectivity index (χ0v) is 19.2. The zero-order chi connectivity index (χ0) is 22.3. The van der Waals surface area contributed by atoms with Crippen LogP contribution in [0, 0.1) is 13.8 Å². The lowest BCUT2D eigenvalue weighted by atomic mass is 10.1. The Balaban J connectivity index is 1.88. The van der Waals surface area contributed by atoms with Gasteiger partial charge in [-0.3, -0.25) is 4.31 Å². The summed E-state index contributed by atoms with van der Waals surface area (Å²) in [4.78, 5) is 0.0311. The molecule has 31 heavy (non-hydrogen) atoms. The summed E-state index contributed by atoms with van der Waals surface area (Å²) in [6.07, 6.45) is 0.374. The lowest BCUT2D eigenvalue weighted by Crippen LogP contribution is -2.43. The van der Waals surface area contributed by atoms with E-state index >= 15 is 0 Å². The van der Waals surface area contributed by atoms with E-state index in [2.05, 4.69) is 5.16 Å². The predicted octanol–water partition coefficient (Wildman–Crippen LogP) is 4.99. The third-order valence-corrected chi connectivity index (χ3v) is 7.50. The van der Waals surface area contributed by atoms with E-state index < -0.39 is 10.0 Å². The van der Waals surface area contributed by atoms with E-state index in [1.807, 2.05) is 20.8 Å².